The van der Waals surface area contributed by atoms with Crippen LogP contribution in [0.1, 0.15) is 41.0 Å². The predicted molar refractivity (Wildman–Crippen MR) is 176 cm³/mol. The van der Waals surface area contributed by atoms with Gasteiger partial charge in [0.25, 0.3) is 0 Å². The van der Waals surface area contributed by atoms with Gasteiger partial charge < -0.3 is 0 Å². The van der Waals surface area contributed by atoms with Crippen LogP contribution >= 0.6 is 34.8 Å². The zero-order chi connectivity index (χ0) is 33.1. The second-order valence-electron chi connectivity index (χ2n) is 10.9. The summed E-state index contributed by atoms with van der Waals surface area (Å²) in [5.74, 6) is 0. The van der Waals surface area contributed by atoms with Crippen molar-refractivity contribution < 1.29 is 13.2 Å². The number of aryl methyl sites for hydroxylation is 3. The fraction of sp³-hybridized carbons (Fsp3) is 0.206. The molecular formula is C34H27Cl3F3N6. The van der Waals surface area contributed by atoms with Crippen LogP contribution in [-0.4, -0.2) is 29.3 Å². The van der Waals surface area contributed by atoms with Gasteiger partial charge >= 0.3 is 6.18 Å². The summed E-state index contributed by atoms with van der Waals surface area (Å²) in [6.45, 7) is 9.27. The van der Waals surface area contributed by atoms with E-state index in [-0.39, 0.29) is 22.0 Å². The van der Waals surface area contributed by atoms with Gasteiger partial charge in [0.15, 0.2) is 5.69 Å². The van der Waals surface area contributed by atoms with Crippen LogP contribution < -0.4 is 0 Å². The molecule has 3 aromatic heterocycles. The van der Waals surface area contributed by atoms with Gasteiger partial charge in [-0.1, -0.05) is 66.0 Å². The molecule has 0 saturated carbocycles. The van der Waals surface area contributed by atoms with Crippen molar-refractivity contribution in [2.75, 3.05) is 0 Å². The monoisotopic (exact) mass is 681 g/mol. The fourth-order valence-corrected chi connectivity index (χ4v) is 6.15. The van der Waals surface area contributed by atoms with Crippen LogP contribution in [0.25, 0.3) is 39.3 Å². The van der Waals surface area contributed by atoms with E-state index >= 15 is 0 Å². The van der Waals surface area contributed by atoms with Crippen molar-refractivity contribution in [1.82, 2.24) is 29.3 Å². The average Bonchev–Trinajstić information content (AvgIpc) is 3.65. The van der Waals surface area contributed by atoms with Gasteiger partial charge in [0, 0.05) is 44.8 Å². The Balaban J connectivity index is 1.68. The largest absolute Gasteiger partial charge is 0.435 e. The minimum absolute atomic E-state index is 0.0738. The third-order valence-corrected chi connectivity index (χ3v) is 8.87. The molecule has 3 aromatic carbocycles. The Morgan fingerprint density at radius 2 is 1.33 bits per heavy atom. The summed E-state index contributed by atoms with van der Waals surface area (Å²) in [7, 11) is 0. The van der Waals surface area contributed by atoms with Gasteiger partial charge in [0.1, 0.15) is 11.4 Å². The molecule has 0 spiro atoms. The van der Waals surface area contributed by atoms with Crippen molar-refractivity contribution >= 4 is 34.8 Å². The van der Waals surface area contributed by atoms with E-state index in [2.05, 4.69) is 16.3 Å². The van der Waals surface area contributed by atoms with Crippen LogP contribution in [0.3, 0.4) is 0 Å². The summed E-state index contributed by atoms with van der Waals surface area (Å²) in [6, 6.07) is 18.4. The number of benzene rings is 3. The number of nitrogens with zero attached hydrogens (tertiary/aromatic N) is 6. The molecule has 0 aliphatic carbocycles. The number of rotatable bonds is 6. The van der Waals surface area contributed by atoms with E-state index in [9.17, 15) is 13.2 Å². The van der Waals surface area contributed by atoms with E-state index < -0.39 is 11.9 Å². The summed E-state index contributed by atoms with van der Waals surface area (Å²) >= 11 is 19.5. The van der Waals surface area contributed by atoms with Crippen LogP contribution in [0.2, 0.25) is 15.1 Å². The second kappa shape index (κ2) is 12.0. The average molecular weight is 683 g/mol. The van der Waals surface area contributed by atoms with Gasteiger partial charge in [-0.2, -0.15) is 28.5 Å². The first kappa shape index (κ1) is 31.9. The lowest BCUT2D eigenvalue weighted by atomic mass is 10.0. The quantitative estimate of drug-likeness (QED) is 0.176. The molecule has 6 rings (SSSR count). The number of alkyl halides is 3. The van der Waals surface area contributed by atoms with E-state index in [0.717, 1.165) is 33.8 Å². The van der Waals surface area contributed by atoms with Gasteiger partial charge in [-0.3, -0.25) is 0 Å². The second-order valence-corrected chi connectivity index (χ2v) is 12.2. The molecule has 3 heterocycles. The number of aromatic nitrogens is 6. The van der Waals surface area contributed by atoms with Crippen molar-refractivity contribution in [3.8, 4) is 39.3 Å². The Labute approximate surface area is 278 Å². The molecule has 12 heteroatoms. The first-order valence-corrected chi connectivity index (χ1v) is 15.5. The van der Waals surface area contributed by atoms with E-state index in [1.165, 1.54) is 4.68 Å². The molecule has 0 saturated heterocycles. The molecule has 1 radical (unpaired) electrons. The molecular weight excluding hydrogens is 656 g/mol. The Morgan fingerprint density at radius 3 is 1.85 bits per heavy atom. The fourth-order valence-electron chi connectivity index (χ4n) is 5.58. The molecule has 0 aliphatic rings. The van der Waals surface area contributed by atoms with Gasteiger partial charge in [-0.05, 0) is 81.1 Å². The molecule has 0 aliphatic heterocycles. The zero-order valence-electron chi connectivity index (χ0n) is 25.4. The SMILES string of the molecule is CCc1nn(-c2c(-n3nc(C(F)(F)F)c(-c4ccc(Cl)cc4)c3C)[c]cc(-n3cc(C)c(C)n3)c2Cl)c(C)c1-c1ccc(Cl)cc1. The highest BCUT2D eigenvalue weighted by Gasteiger charge is 2.40. The van der Waals surface area contributed by atoms with Gasteiger partial charge in [0.2, 0.25) is 0 Å². The molecule has 0 fully saturated rings. The summed E-state index contributed by atoms with van der Waals surface area (Å²) in [5, 5.41) is 14.9. The molecule has 6 aromatic rings. The molecule has 0 bridgehead atoms. The van der Waals surface area contributed by atoms with Crippen LogP contribution in [-0.2, 0) is 12.6 Å². The van der Waals surface area contributed by atoms with Gasteiger partial charge in [0.05, 0.1) is 22.1 Å². The number of hydrogen-bond acceptors (Lipinski definition) is 3. The highest BCUT2D eigenvalue weighted by atomic mass is 35.5. The summed E-state index contributed by atoms with van der Waals surface area (Å²) < 4.78 is 48.2. The predicted octanol–water partition coefficient (Wildman–Crippen LogP) is 10.2. The lowest BCUT2D eigenvalue weighted by Crippen LogP contribution is -2.13. The molecule has 6 nitrogen and oxygen atoms in total. The van der Waals surface area contributed by atoms with Crippen molar-refractivity contribution in [3.05, 3.63) is 116 Å². The highest BCUT2D eigenvalue weighted by molar-refractivity contribution is 6.34. The standard InChI is InChI=1S/C34H27Cl3F3N6/c1-6-26-29(22-7-11-24(35)12-8-22)20(4)46(42-26)32-28(16-15-27(31(32)37)44-17-18(2)19(3)41-44)45-21(5)30(33(43-45)34(38,39)40)23-9-13-25(36)14-10-23/h7-15,17H,6H2,1-5H3. The smallest absolute Gasteiger partial charge is 0.239 e. The molecule has 0 N–H and O–H groups in total. The maximum atomic E-state index is 14.6. The minimum atomic E-state index is -4.75. The van der Waals surface area contributed by atoms with Gasteiger partial charge in [-0.15, -0.1) is 0 Å². The number of halogens is 6. The lowest BCUT2D eigenvalue weighted by molar-refractivity contribution is -0.140. The topological polar surface area (TPSA) is 53.5 Å². The molecule has 0 unspecified atom stereocenters. The van der Waals surface area contributed by atoms with Crippen molar-refractivity contribution in [2.45, 2.75) is 47.2 Å². The van der Waals surface area contributed by atoms with Gasteiger partial charge in [-0.25, -0.2) is 14.0 Å². The van der Waals surface area contributed by atoms with Crippen molar-refractivity contribution in [3.63, 3.8) is 0 Å². The first-order valence-electron chi connectivity index (χ1n) is 14.4. The lowest BCUT2D eigenvalue weighted by Gasteiger charge is -2.17. The Bertz CT molecular complexity index is 2070. The number of hydrogen-bond donors (Lipinski definition) is 0. The maximum Gasteiger partial charge on any atom is 0.435 e. The minimum Gasteiger partial charge on any atom is -0.239 e. The Kier molecular flexibility index (Phi) is 8.29. The molecule has 0 atom stereocenters. The third-order valence-electron chi connectivity index (χ3n) is 7.99. The van der Waals surface area contributed by atoms with Crippen LogP contribution in [0, 0.1) is 33.8 Å². The summed E-state index contributed by atoms with van der Waals surface area (Å²) in [5.41, 5.74) is 5.42. The van der Waals surface area contributed by atoms with E-state index in [4.69, 9.17) is 39.9 Å². The highest BCUT2D eigenvalue weighted by Crippen LogP contribution is 2.42. The Hall–Kier alpha value is -4.05. The zero-order valence-corrected chi connectivity index (χ0v) is 27.7. The molecule has 46 heavy (non-hydrogen) atoms. The van der Waals surface area contributed by atoms with E-state index in [1.807, 2.05) is 46.0 Å². The first-order chi connectivity index (χ1) is 21.8. The normalized spacial score (nSPS) is 11.9. The maximum absolute atomic E-state index is 14.6. The van der Waals surface area contributed by atoms with Crippen LogP contribution in [0.5, 0.6) is 0 Å². The van der Waals surface area contributed by atoms with Crippen molar-refractivity contribution in [1.29, 1.82) is 0 Å². The summed E-state index contributed by atoms with van der Waals surface area (Å²) in [4.78, 5) is 0. The van der Waals surface area contributed by atoms with Crippen LogP contribution in [0.15, 0.2) is 60.8 Å². The van der Waals surface area contributed by atoms with E-state index in [0.29, 0.717) is 33.4 Å². The van der Waals surface area contributed by atoms with E-state index in [1.54, 1.807) is 58.8 Å². The van der Waals surface area contributed by atoms with Crippen molar-refractivity contribution in [2.24, 2.45) is 0 Å². The molecule has 0 amide bonds. The van der Waals surface area contributed by atoms with Crippen LogP contribution in [0.4, 0.5) is 13.2 Å². The third kappa shape index (κ3) is 5.50. The summed E-state index contributed by atoms with van der Waals surface area (Å²) in [6.07, 6.45) is -2.34. The Morgan fingerprint density at radius 1 is 0.761 bits per heavy atom. The molecule has 235 valence electrons.